The fourth-order valence-corrected chi connectivity index (χ4v) is 4.62. The number of nitrogens with zero attached hydrogens (tertiary/aromatic N) is 1. The first-order valence-electron chi connectivity index (χ1n) is 9.49. The Labute approximate surface area is 164 Å². The van der Waals surface area contributed by atoms with E-state index in [4.69, 9.17) is 4.74 Å². The average Bonchev–Trinajstić information content (AvgIpc) is 2.97. The summed E-state index contributed by atoms with van der Waals surface area (Å²) in [5.74, 6) is -0.989. The van der Waals surface area contributed by atoms with E-state index in [1.165, 1.54) is 13.5 Å². The zero-order valence-corrected chi connectivity index (χ0v) is 17.3. The second-order valence-electron chi connectivity index (χ2n) is 6.64. The molecule has 150 valence electrons. The number of likely N-dealkylation sites (tertiary alicyclic amines) is 1. The van der Waals surface area contributed by atoms with Crippen molar-refractivity contribution in [3.63, 3.8) is 0 Å². The third-order valence-electron chi connectivity index (χ3n) is 4.88. The van der Waals surface area contributed by atoms with Gasteiger partial charge in [-0.25, -0.2) is 4.79 Å². The van der Waals surface area contributed by atoms with Crippen LogP contribution in [0.25, 0.3) is 0 Å². The highest BCUT2D eigenvalue weighted by molar-refractivity contribution is 7.18. The number of ether oxygens (including phenoxy) is 1. The van der Waals surface area contributed by atoms with Crippen molar-refractivity contribution in [3.8, 4) is 0 Å². The van der Waals surface area contributed by atoms with Crippen molar-refractivity contribution >= 4 is 34.1 Å². The Morgan fingerprint density at radius 2 is 2.00 bits per heavy atom. The van der Waals surface area contributed by atoms with Crippen LogP contribution in [-0.2, 0) is 9.53 Å². The van der Waals surface area contributed by atoms with Crippen LogP contribution in [0.3, 0.4) is 0 Å². The van der Waals surface area contributed by atoms with Gasteiger partial charge in [-0.2, -0.15) is 0 Å². The molecule has 1 aliphatic rings. The molecule has 1 aliphatic heterocycles. The number of rotatable bonds is 7. The van der Waals surface area contributed by atoms with Gasteiger partial charge < -0.3 is 15.4 Å². The van der Waals surface area contributed by atoms with Crippen molar-refractivity contribution in [1.82, 2.24) is 10.2 Å². The number of hydrogen-bond acceptors (Lipinski definition) is 6. The molecule has 0 radical (unpaired) electrons. The lowest BCUT2D eigenvalue weighted by atomic mass is 10.0. The summed E-state index contributed by atoms with van der Waals surface area (Å²) in [6.07, 6.45) is 4.41. The Morgan fingerprint density at radius 1 is 1.26 bits per heavy atom. The molecule has 0 aromatic carbocycles. The predicted molar refractivity (Wildman–Crippen MR) is 107 cm³/mol. The molecule has 0 spiro atoms. The standard InChI is InChI=1S/C19H29N3O4S/c1-5-13-9-7-8-10-22(13)11-14(23)21-18-15(19(25)26-6-2)12(3)16(27-18)17(24)20-4/h13H,5-11H2,1-4H3,(H,20,24)(H,21,23)/t13-/m0/s1. The maximum atomic E-state index is 12.6. The second-order valence-corrected chi connectivity index (χ2v) is 7.66. The summed E-state index contributed by atoms with van der Waals surface area (Å²) in [6, 6.07) is 0.417. The highest BCUT2D eigenvalue weighted by atomic mass is 32.1. The SMILES string of the molecule is CCOC(=O)c1c(NC(=O)CN2CCCC[C@@H]2CC)sc(C(=O)NC)c1C. The molecule has 1 aromatic heterocycles. The van der Waals surface area contributed by atoms with Crippen LogP contribution in [-0.4, -0.2) is 55.5 Å². The number of anilines is 1. The van der Waals surface area contributed by atoms with E-state index in [0.717, 1.165) is 37.1 Å². The van der Waals surface area contributed by atoms with Crippen LogP contribution in [0, 0.1) is 6.92 Å². The molecule has 1 fully saturated rings. The molecule has 0 bridgehead atoms. The molecular weight excluding hydrogens is 366 g/mol. The summed E-state index contributed by atoms with van der Waals surface area (Å²) in [5, 5.41) is 5.78. The van der Waals surface area contributed by atoms with Gasteiger partial charge in [0.2, 0.25) is 5.91 Å². The number of thiophene rings is 1. The summed E-state index contributed by atoms with van der Waals surface area (Å²) in [7, 11) is 1.53. The normalized spacial score (nSPS) is 17.4. The summed E-state index contributed by atoms with van der Waals surface area (Å²) in [5.41, 5.74) is 0.789. The van der Waals surface area contributed by atoms with E-state index in [1.54, 1.807) is 13.8 Å². The van der Waals surface area contributed by atoms with Crippen molar-refractivity contribution in [1.29, 1.82) is 0 Å². The maximum absolute atomic E-state index is 12.6. The zero-order valence-electron chi connectivity index (χ0n) is 16.5. The summed E-state index contributed by atoms with van der Waals surface area (Å²) in [6.45, 7) is 6.97. The Hall–Kier alpha value is -1.93. The molecule has 0 aliphatic carbocycles. The van der Waals surface area contributed by atoms with Crippen LogP contribution >= 0.6 is 11.3 Å². The third kappa shape index (κ3) is 5.07. The molecular formula is C19H29N3O4S. The molecule has 2 amide bonds. The Bertz CT molecular complexity index is 701. The topological polar surface area (TPSA) is 87.7 Å². The first kappa shape index (κ1) is 21.4. The highest BCUT2D eigenvalue weighted by Crippen LogP contribution is 2.34. The van der Waals surface area contributed by atoms with Crippen LogP contribution in [0.15, 0.2) is 0 Å². The van der Waals surface area contributed by atoms with Gasteiger partial charge in [-0.3, -0.25) is 14.5 Å². The quantitative estimate of drug-likeness (QED) is 0.693. The number of carbonyl (C=O) groups is 3. The van der Waals surface area contributed by atoms with Gasteiger partial charge in [0.1, 0.15) is 5.00 Å². The lowest BCUT2D eigenvalue weighted by Gasteiger charge is -2.34. The van der Waals surface area contributed by atoms with E-state index < -0.39 is 5.97 Å². The molecule has 27 heavy (non-hydrogen) atoms. The van der Waals surface area contributed by atoms with Gasteiger partial charge in [-0.05, 0) is 45.2 Å². The highest BCUT2D eigenvalue weighted by Gasteiger charge is 2.28. The third-order valence-corrected chi connectivity index (χ3v) is 6.09. The van der Waals surface area contributed by atoms with Gasteiger partial charge in [-0.1, -0.05) is 13.3 Å². The maximum Gasteiger partial charge on any atom is 0.341 e. The van der Waals surface area contributed by atoms with Crippen LogP contribution < -0.4 is 10.6 Å². The van der Waals surface area contributed by atoms with Gasteiger partial charge in [-0.15, -0.1) is 11.3 Å². The number of esters is 1. The Balaban J connectivity index is 2.21. The second kappa shape index (κ2) is 9.85. The van der Waals surface area contributed by atoms with E-state index >= 15 is 0 Å². The number of carbonyl (C=O) groups excluding carboxylic acids is 3. The van der Waals surface area contributed by atoms with Crippen LogP contribution in [0.4, 0.5) is 5.00 Å². The Morgan fingerprint density at radius 3 is 2.63 bits per heavy atom. The van der Waals surface area contributed by atoms with Crippen LogP contribution in [0.1, 0.15) is 65.1 Å². The van der Waals surface area contributed by atoms with Crippen LogP contribution in [0.5, 0.6) is 0 Å². The number of nitrogens with one attached hydrogen (secondary N) is 2. The molecule has 2 N–H and O–H groups in total. The number of hydrogen-bond donors (Lipinski definition) is 2. The minimum absolute atomic E-state index is 0.175. The first-order chi connectivity index (χ1) is 12.9. The molecule has 1 aromatic rings. The van der Waals surface area contributed by atoms with Gasteiger partial charge in [0.15, 0.2) is 0 Å². The van der Waals surface area contributed by atoms with Crippen molar-refractivity contribution in [2.45, 2.75) is 52.5 Å². The lowest BCUT2D eigenvalue weighted by molar-refractivity contribution is -0.118. The molecule has 0 saturated carbocycles. The summed E-state index contributed by atoms with van der Waals surface area (Å²) < 4.78 is 5.12. The summed E-state index contributed by atoms with van der Waals surface area (Å²) >= 11 is 1.11. The molecule has 2 heterocycles. The van der Waals surface area contributed by atoms with E-state index in [-0.39, 0.29) is 30.5 Å². The Kier molecular flexibility index (Phi) is 7.79. The number of amides is 2. The summed E-state index contributed by atoms with van der Waals surface area (Å²) in [4.78, 5) is 39.7. The van der Waals surface area contributed by atoms with E-state index in [0.29, 0.717) is 21.5 Å². The molecule has 7 nitrogen and oxygen atoms in total. The molecule has 2 rings (SSSR count). The smallest absolute Gasteiger partial charge is 0.341 e. The van der Waals surface area contributed by atoms with E-state index in [9.17, 15) is 14.4 Å². The minimum atomic E-state index is -0.527. The van der Waals surface area contributed by atoms with Gasteiger partial charge in [0.05, 0.1) is 23.6 Å². The van der Waals surface area contributed by atoms with Crippen molar-refractivity contribution in [2.75, 3.05) is 32.1 Å². The van der Waals surface area contributed by atoms with Crippen molar-refractivity contribution in [2.24, 2.45) is 0 Å². The van der Waals surface area contributed by atoms with Crippen molar-refractivity contribution < 1.29 is 19.1 Å². The van der Waals surface area contributed by atoms with E-state index in [1.807, 2.05) is 0 Å². The first-order valence-corrected chi connectivity index (χ1v) is 10.3. The molecule has 0 unspecified atom stereocenters. The molecule has 1 saturated heterocycles. The van der Waals surface area contributed by atoms with Gasteiger partial charge in [0.25, 0.3) is 5.91 Å². The fraction of sp³-hybridized carbons (Fsp3) is 0.632. The van der Waals surface area contributed by atoms with Crippen molar-refractivity contribution in [3.05, 3.63) is 16.0 Å². The van der Waals surface area contributed by atoms with Gasteiger partial charge in [0, 0.05) is 13.1 Å². The van der Waals surface area contributed by atoms with Gasteiger partial charge >= 0.3 is 5.97 Å². The lowest BCUT2D eigenvalue weighted by Crippen LogP contribution is -2.43. The monoisotopic (exact) mass is 395 g/mol. The minimum Gasteiger partial charge on any atom is -0.462 e. The zero-order chi connectivity index (χ0) is 20.0. The van der Waals surface area contributed by atoms with Crippen LogP contribution in [0.2, 0.25) is 0 Å². The largest absolute Gasteiger partial charge is 0.462 e. The molecule has 1 atom stereocenters. The average molecular weight is 396 g/mol. The predicted octanol–water partition coefficient (Wildman–Crippen LogP) is 2.80. The number of piperidine rings is 1. The molecule has 8 heteroatoms. The van der Waals surface area contributed by atoms with E-state index in [2.05, 4.69) is 22.5 Å². The fourth-order valence-electron chi connectivity index (χ4n) is 3.46.